The molecular formula is C13H9N3O2S. The second-order valence-corrected chi connectivity index (χ2v) is 5.09. The van der Waals surface area contributed by atoms with Gasteiger partial charge in [-0.15, -0.1) is 11.3 Å². The largest absolute Gasteiger partial charge is 0.291 e. The number of benzene rings is 1. The van der Waals surface area contributed by atoms with E-state index >= 15 is 0 Å². The van der Waals surface area contributed by atoms with E-state index in [1.807, 2.05) is 24.3 Å². The standard InChI is InChI=1S/C13H9N3O2S/c17-16(18)11-5-3-7-14-10(11)8-13-15-9-4-1-2-6-12(9)19-13/h1-7H,8H2. The summed E-state index contributed by atoms with van der Waals surface area (Å²) in [5.74, 6) is 0. The smallest absolute Gasteiger partial charge is 0.258 e. The zero-order valence-corrected chi connectivity index (χ0v) is 10.6. The topological polar surface area (TPSA) is 68.9 Å². The lowest BCUT2D eigenvalue weighted by Gasteiger charge is -1.98. The molecule has 0 unspecified atom stereocenters. The van der Waals surface area contributed by atoms with E-state index in [-0.39, 0.29) is 5.69 Å². The zero-order valence-electron chi connectivity index (χ0n) is 9.81. The van der Waals surface area contributed by atoms with Crippen LogP contribution in [0.15, 0.2) is 42.6 Å². The van der Waals surface area contributed by atoms with Gasteiger partial charge in [-0.2, -0.15) is 0 Å². The van der Waals surface area contributed by atoms with Crippen molar-refractivity contribution in [1.29, 1.82) is 0 Å². The molecule has 0 spiro atoms. The van der Waals surface area contributed by atoms with Gasteiger partial charge in [0.15, 0.2) is 0 Å². The van der Waals surface area contributed by atoms with Gasteiger partial charge in [0, 0.05) is 18.7 Å². The number of thiazole rings is 1. The van der Waals surface area contributed by atoms with Crippen molar-refractivity contribution < 1.29 is 4.92 Å². The third-order valence-electron chi connectivity index (χ3n) is 2.72. The molecular weight excluding hydrogens is 262 g/mol. The van der Waals surface area contributed by atoms with Crippen LogP contribution < -0.4 is 0 Å². The zero-order chi connectivity index (χ0) is 13.2. The lowest BCUT2D eigenvalue weighted by molar-refractivity contribution is -0.385. The maximum absolute atomic E-state index is 10.9. The molecule has 5 nitrogen and oxygen atoms in total. The molecule has 1 aromatic carbocycles. The summed E-state index contributed by atoms with van der Waals surface area (Å²) in [4.78, 5) is 19.1. The molecule has 3 rings (SSSR count). The van der Waals surface area contributed by atoms with Gasteiger partial charge < -0.3 is 0 Å². The Labute approximate surface area is 112 Å². The molecule has 2 heterocycles. The Hall–Kier alpha value is -2.34. The van der Waals surface area contributed by atoms with E-state index in [4.69, 9.17) is 0 Å². The average molecular weight is 271 g/mol. The molecule has 0 radical (unpaired) electrons. The molecule has 0 N–H and O–H groups in total. The Morgan fingerprint density at radius 2 is 2.05 bits per heavy atom. The van der Waals surface area contributed by atoms with Gasteiger partial charge in [0.25, 0.3) is 5.69 Å². The van der Waals surface area contributed by atoms with Crippen LogP contribution in [-0.4, -0.2) is 14.9 Å². The monoisotopic (exact) mass is 271 g/mol. The maximum Gasteiger partial charge on any atom is 0.291 e. The van der Waals surface area contributed by atoms with E-state index in [1.165, 1.54) is 17.4 Å². The number of nitro groups is 1. The fourth-order valence-electron chi connectivity index (χ4n) is 1.87. The van der Waals surface area contributed by atoms with Crippen LogP contribution in [0.25, 0.3) is 10.2 Å². The average Bonchev–Trinajstić information content (AvgIpc) is 2.81. The molecule has 6 heteroatoms. The first-order valence-electron chi connectivity index (χ1n) is 5.67. The Morgan fingerprint density at radius 3 is 2.84 bits per heavy atom. The van der Waals surface area contributed by atoms with Crippen LogP contribution in [0.2, 0.25) is 0 Å². The predicted molar refractivity (Wildman–Crippen MR) is 73.3 cm³/mol. The van der Waals surface area contributed by atoms with Gasteiger partial charge in [0.1, 0.15) is 10.7 Å². The van der Waals surface area contributed by atoms with Crippen molar-refractivity contribution in [2.75, 3.05) is 0 Å². The van der Waals surface area contributed by atoms with Crippen LogP contribution in [0, 0.1) is 10.1 Å². The van der Waals surface area contributed by atoms with E-state index in [0.29, 0.717) is 12.1 Å². The minimum Gasteiger partial charge on any atom is -0.258 e. The molecule has 0 aliphatic rings. The molecule has 0 atom stereocenters. The Morgan fingerprint density at radius 1 is 1.21 bits per heavy atom. The molecule has 19 heavy (non-hydrogen) atoms. The second-order valence-electron chi connectivity index (χ2n) is 3.98. The molecule has 94 valence electrons. The number of hydrogen-bond donors (Lipinski definition) is 0. The highest BCUT2D eigenvalue weighted by atomic mass is 32.1. The van der Waals surface area contributed by atoms with Crippen LogP contribution in [0.5, 0.6) is 0 Å². The molecule has 2 aromatic heterocycles. The minimum atomic E-state index is -0.407. The van der Waals surface area contributed by atoms with E-state index in [9.17, 15) is 10.1 Å². The maximum atomic E-state index is 10.9. The Bertz CT molecular complexity index is 721. The first kappa shape index (κ1) is 11.7. The van der Waals surface area contributed by atoms with E-state index in [1.54, 1.807) is 12.3 Å². The van der Waals surface area contributed by atoms with Gasteiger partial charge in [-0.25, -0.2) is 4.98 Å². The fraction of sp³-hybridized carbons (Fsp3) is 0.0769. The summed E-state index contributed by atoms with van der Waals surface area (Å²) in [6.07, 6.45) is 1.95. The summed E-state index contributed by atoms with van der Waals surface area (Å²) in [6, 6.07) is 10.8. The van der Waals surface area contributed by atoms with Crippen molar-refractivity contribution in [2.45, 2.75) is 6.42 Å². The SMILES string of the molecule is O=[N+]([O-])c1cccnc1Cc1nc2ccccc2s1. The summed E-state index contributed by atoms with van der Waals surface area (Å²) >= 11 is 1.54. The van der Waals surface area contributed by atoms with Gasteiger partial charge in [-0.1, -0.05) is 12.1 Å². The molecule has 3 aromatic rings. The van der Waals surface area contributed by atoms with Crippen molar-refractivity contribution in [3.63, 3.8) is 0 Å². The van der Waals surface area contributed by atoms with E-state index in [0.717, 1.165) is 15.2 Å². The van der Waals surface area contributed by atoms with Crippen molar-refractivity contribution in [3.8, 4) is 0 Å². The summed E-state index contributed by atoms with van der Waals surface area (Å²) in [7, 11) is 0. The number of hydrogen-bond acceptors (Lipinski definition) is 5. The highest BCUT2D eigenvalue weighted by Gasteiger charge is 2.16. The van der Waals surface area contributed by atoms with E-state index < -0.39 is 4.92 Å². The van der Waals surface area contributed by atoms with Crippen LogP contribution >= 0.6 is 11.3 Å². The van der Waals surface area contributed by atoms with Crippen molar-refractivity contribution in [2.24, 2.45) is 0 Å². The molecule has 0 saturated carbocycles. The number of rotatable bonds is 3. The molecule has 0 fully saturated rings. The van der Waals surface area contributed by atoms with Crippen molar-refractivity contribution in [3.05, 3.63) is 63.4 Å². The fourth-order valence-corrected chi connectivity index (χ4v) is 2.84. The summed E-state index contributed by atoms with van der Waals surface area (Å²) in [5, 5.41) is 11.8. The van der Waals surface area contributed by atoms with Gasteiger partial charge in [-0.3, -0.25) is 15.1 Å². The van der Waals surface area contributed by atoms with Gasteiger partial charge in [-0.05, 0) is 18.2 Å². The van der Waals surface area contributed by atoms with Crippen molar-refractivity contribution in [1.82, 2.24) is 9.97 Å². The Balaban J connectivity index is 1.99. The van der Waals surface area contributed by atoms with Crippen LogP contribution in [-0.2, 0) is 6.42 Å². The summed E-state index contributed by atoms with van der Waals surface area (Å²) in [5.41, 5.74) is 1.41. The lowest BCUT2D eigenvalue weighted by Crippen LogP contribution is -1.98. The van der Waals surface area contributed by atoms with Gasteiger partial charge >= 0.3 is 0 Å². The number of nitrogens with zero attached hydrogens (tertiary/aromatic N) is 3. The molecule has 0 aliphatic carbocycles. The molecule has 0 aliphatic heterocycles. The second kappa shape index (κ2) is 4.74. The number of aromatic nitrogens is 2. The lowest BCUT2D eigenvalue weighted by atomic mass is 10.2. The highest BCUT2D eigenvalue weighted by molar-refractivity contribution is 7.18. The predicted octanol–water partition coefficient (Wildman–Crippen LogP) is 3.19. The van der Waals surface area contributed by atoms with Crippen LogP contribution in [0.3, 0.4) is 0 Å². The molecule has 0 amide bonds. The number of pyridine rings is 1. The number of fused-ring (bicyclic) bond motifs is 1. The first-order valence-corrected chi connectivity index (χ1v) is 6.48. The summed E-state index contributed by atoms with van der Waals surface area (Å²) in [6.45, 7) is 0. The molecule has 0 saturated heterocycles. The van der Waals surface area contributed by atoms with Gasteiger partial charge in [0.05, 0.1) is 15.1 Å². The first-order chi connectivity index (χ1) is 9.24. The normalized spacial score (nSPS) is 10.7. The molecule has 0 bridgehead atoms. The third kappa shape index (κ3) is 2.30. The van der Waals surface area contributed by atoms with Gasteiger partial charge in [0.2, 0.25) is 0 Å². The Kier molecular flexibility index (Phi) is 2.92. The third-order valence-corrected chi connectivity index (χ3v) is 3.76. The van der Waals surface area contributed by atoms with Crippen LogP contribution in [0.4, 0.5) is 5.69 Å². The van der Waals surface area contributed by atoms with E-state index in [2.05, 4.69) is 9.97 Å². The van der Waals surface area contributed by atoms with Crippen LogP contribution in [0.1, 0.15) is 10.7 Å². The number of para-hydroxylation sites is 1. The highest BCUT2D eigenvalue weighted by Crippen LogP contribution is 2.25. The quantitative estimate of drug-likeness (QED) is 0.542. The van der Waals surface area contributed by atoms with Crippen molar-refractivity contribution >= 4 is 27.2 Å². The summed E-state index contributed by atoms with van der Waals surface area (Å²) < 4.78 is 1.08. The minimum absolute atomic E-state index is 0.0433.